The average molecular weight is 313 g/mol. The molecule has 2 aromatic rings. The Hall–Kier alpha value is -2.76. The van der Waals surface area contributed by atoms with E-state index in [9.17, 15) is 4.79 Å². The van der Waals surface area contributed by atoms with Crippen molar-refractivity contribution in [1.82, 2.24) is 15.6 Å². The number of hydrogen-bond acceptors (Lipinski definition) is 4. The second-order valence-corrected chi connectivity index (χ2v) is 5.34. The van der Waals surface area contributed by atoms with Crippen LogP contribution in [0.5, 0.6) is 11.5 Å². The molecule has 120 valence electrons. The average Bonchev–Trinajstić information content (AvgIpc) is 2.60. The first-order valence-corrected chi connectivity index (χ1v) is 7.48. The van der Waals surface area contributed by atoms with Crippen molar-refractivity contribution >= 4 is 6.03 Å². The van der Waals surface area contributed by atoms with Gasteiger partial charge in [0.15, 0.2) is 11.5 Å². The number of aromatic nitrogens is 1. The van der Waals surface area contributed by atoms with E-state index in [1.807, 2.05) is 30.3 Å². The zero-order valence-electron chi connectivity index (χ0n) is 12.9. The minimum atomic E-state index is -0.207. The number of methoxy groups -OCH3 is 1. The monoisotopic (exact) mass is 313 g/mol. The SMILES string of the molecule is COc1cccc2c1OCC(NC(=O)NCc1ccncc1)C2. The smallest absolute Gasteiger partial charge is 0.315 e. The van der Waals surface area contributed by atoms with Gasteiger partial charge in [0.25, 0.3) is 0 Å². The van der Waals surface area contributed by atoms with E-state index in [4.69, 9.17) is 9.47 Å². The van der Waals surface area contributed by atoms with Gasteiger partial charge in [-0.2, -0.15) is 0 Å². The molecular weight excluding hydrogens is 294 g/mol. The molecule has 0 saturated carbocycles. The lowest BCUT2D eigenvalue weighted by atomic mass is 10.0. The summed E-state index contributed by atoms with van der Waals surface area (Å²) in [5.41, 5.74) is 2.04. The molecule has 2 heterocycles. The van der Waals surface area contributed by atoms with E-state index in [0.29, 0.717) is 13.2 Å². The number of fused-ring (bicyclic) bond motifs is 1. The Balaban J connectivity index is 1.54. The Kier molecular flexibility index (Phi) is 4.61. The van der Waals surface area contributed by atoms with Gasteiger partial charge in [0.05, 0.1) is 13.2 Å². The Morgan fingerprint density at radius 2 is 2.17 bits per heavy atom. The summed E-state index contributed by atoms with van der Waals surface area (Å²) in [5, 5.41) is 5.77. The van der Waals surface area contributed by atoms with E-state index in [0.717, 1.165) is 29.0 Å². The normalized spacial score (nSPS) is 16.0. The number of carbonyl (C=O) groups excluding carboxylic acids is 1. The van der Waals surface area contributed by atoms with Crippen LogP contribution in [-0.2, 0) is 13.0 Å². The lowest BCUT2D eigenvalue weighted by Gasteiger charge is -2.27. The van der Waals surface area contributed by atoms with Crippen LogP contribution in [0.3, 0.4) is 0 Å². The predicted octanol–water partition coefficient (Wildman–Crippen LogP) is 1.89. The summed E-state index contributed by atoms with van der Waals surface area (Å²) in [5.74, 6) is 1.49. The molecule has 2 N–H and O–H groups in total. The van der Waals surface area contributed by atoms with Crippen molar-refractivity contribution in [2.75, 3.05) is 13.7 Å². The number of para-hydroxylation sites is 1. The zero-order valence-corrected chi connectivity index (χ0v) is 12.9. The maximum Gasteiger partial charge on any atom is 0.315 e. The van der Waals surface area contributed by atoms with Crippen LogP contribution in [0.15, 0.2) is 42.7 Å². The van der Waals surface area contributed by atoms with E-state index in [1.165, 1.54) is 0 Å². The number of hydrogen-bond donors (Lipinski definition) is 2. The minimum absolute atomic E-state index is 0.0629. The molecule has 2 amide bonds. The van der Waals surface area contributed by atoms with Crippen LogP contribution in [0, 0.1) is 0 Å². The number of amides is 2. The van der Waals surface area contributed by atoms with E-state index in [2.05, 4.69) is 15.6 Å². The molecule has 0 spiro atoms. The Bertz CT molecular complexity index is 676. The number of ether oxygens (including phenoxy) is 2. The van der Waals surface area contributed by atoms with Crippen molar-refractivity contribution in [3.05, 3.63) is 53.9 Å². The zero-order chi connectivity index (χ0) is 16.1. The van der Waals surface area contributed by atoms with Crippen LogP contribution in [-0.4, -0.2) is 30.8 Å². The van der Waals surface area contributed by atoms with Gasteiger partial charge in [-0.05, 0) is 30.2 Å². The largest absolute Gasteiger partial charge is 0.493 e. The lowest BCUT2D eigenvalue weighted by Crippen LogP contribution is -2.47. The fourth-order valence-corrected chi connectivity index (χ4v) is 2.57. The van der Waals surface area contributed by atoms with Gasteiger partial charge in [0.1, 0.15) is 6.61 Å². The minimum Gasteiger partial charge on any atom is -0.493 e. The van der Waals surface area contributed by atoms with Crippen LogP contribution in [0.2, 0.25) is 0 Å². The summed E-state index contributed by atoms with van der Waals surface area (Å²) in [6.07, 6.45) is 4.12. The van der Waals surface area contributed by atoms with Gasteiger partial charge in [-0.25, -0.2) is 4.79 Å². The highest BCUT2D eigenvalue weighted by Crippen LogP contribution is 2.34. The number of nitrogens with one attached hydrogen (secondary N) is 2. The molecule has 0 saturated heterocycles. The summed E-state index contributed by atoms with van der Waals surface area (Å²) in [6.45, 7) is 0.891. The molecule has 6 nitrogen and oxygen atoms in total. The van der Waals surface area contributed by atoms with Gasteiger partial charge in [-0.1, -0.05) is 12.1 Å². The van der Waals surface area contributed by atoms with E-state index in [-0.39, 0.29) is 12.1 Å². The van der Waals surface area contributed by atoms with E-state index < -0.39 is 0 Å². The molecule has 23 heavy (non-hydrogen) atoms. The maximum absolute atomic E-state index is 12.0. The first kappa shape index (κ1) is 15.1. The van der Waals surface area contributed by atoms with E-state index >= 15 is 0 Å². The molecule has 0 bridgehead atoms. The summed E-state index contributed by atoms with van der Waals surface area (Å²) in [6, 6.07) is 9.24. The number of rotatable bonds is 4. The second kappa shape index (κ2) is 7.00. The molecule has 6 heteroatoms. The summed E-state index contributed by atoms with van der Waals surface area (Å²) in [7, 11) is 1.62. The summed E-state index contributed by atoms with van der Waals surface area (Å²) >= 11 is 0. The Morgan fingerprint density at radius 1 is 1.35 bits per heavy atom. The van der Waals surface area contributed by atoms with Crippen molar-refractivity contribution in [3.63, 3.8) is 0 Å². The third-order valence-electron chi connectivity index (χ3n) is 3.71. The first-order valence-electron chi connectivity index (χ1n) is 7.48. The fourth-order valence-electron chi connectivity index (χ4n) is 2.57. The summed E-state index contributed by atoms with van der Waals surface area (Å²) in [4.78, 5) is 15.9. The number of nitrogens with zero attached hydrogens (tertiary/aromatic N) is 1. The van der Waals surface area contributed by atoms with Crippen molar-refractivity contribution in [2.24, 2.45) is 0 Å². The molecule has 0 radical (unpaired) electrons. The summed E-state index contributed by atoms with van der Waals surface area (Å²) < 4.78 is 11.0. The number of carbonyl (C=O) groups is 1. The quantitative estimate of drug-likeness (QED) is 0.904. The second-order valence-electron chi connectivity index (χ2n) is 5.34. The molecular formula is C17H19N3O3. The van der Waals surface area contributed by atoms with Crippen LogP contribution < -0.4 is 20.1 Å². The molecule has 1 aromatic heterocycles. The van der Waals surface area contributed by atoms with Crippen molar-refractivity contribution in [2.45, 2.75) is 19.0 Å². The van der Waals surface area contributed by atoms with Crippen molar-refractivity contribution in [1.29, 1.82) is 0 Å². The van der Waals surface area contributed by atoms with Gasteiger partial charge in [0, 0.05) is 24.5 Å². The molecule has 1 atom stereocenters. The maximum atomic E-state index is 12.0. The van der Waals surface area contributed by atoms with Crippen molar-refractivity contribution in [3.8, 4) is 11.5 Å². The topological polar surface area (TPSA) is 72.5 Å². The van der Waals surface area contributed by atoms with Crippen LogP contribution >= 0.6 is 0 Å². The van der Waals surface area contributed by atoms with Crippen LogP contribution in [0.4, 0.5) is 4.79 Å². The first-order chi connectivity index (χ1) is 11.3. The van der Waals surface area contributed by atoms with Gasteiger partial charge >= 0.3 is 6.03 Å². The van der Waals surface area contributed by atoms with Crippen molar-refractivity contribution < 1.29 is 14.3 Å². The lowest BCUT2D eigenvalue weighted by molar-refractivity contribution is 0.210. The highest BCUT2D eigenvalue weighted by Gasteiger charge is 2.23. The van der Waals surface area contributed by atoms with Gasteiger partial charge in [-0.3, -0.25) is 4.98 Å². The number of benzene rings is 1. The highest BCUT2D eigenvalue weighted by atomic mass is 16.5. The molecule has 3 rings (SSSR count). The standard InChI is InChI=1S/C17H19N3O3/c1-22-15-4-2-3-13-9-14(11-23-16(13)15)20-17(21)19-10-12-5-7-18-8-6-12/h2-8,14H,9-11H2,1H3,(H2,19,20,21). The third kappa shape index (κ3) is 3.71. The molecule has 1 aliphatic heterocycles. The Morgan fingerprint density at radius 3 is 2.96 bits per heavy atom. The molecule has 1 unspecified atom stereocenters. The number of pyridine rings is 1. The molecule has 1 aliphatic rings. The van der Waals surface area contributed by atoms with Gasteiger partial charge in [0.2, 0.25) is 0 Å². The Labute approximate surface area is 134 Å². The molecule has 0 aliphatic carbocycles. The molecule has 1 aromatic carbocycles. The predicted molar refractivity (Wildman–Crippen MR) is 85.6 cm³/mol. The molecule has 0 fully saturated rings. The van der Waals surface area contributed by atoms with Gasteiger partial charge in [-0.15, -0.1) is 0 Å². The highest BCUT2D eigenvalue weighted by molar-refractivity contribution is 5.74. The number of urea groups is 1. The van der Waals surface area contributed by atoms with Crippen LogP contribution in [0.1, 0.15) is 11.1 Å². The fraction of sp³-hybridized carbons (Fsp3) is 0.294. The van der Waals surface area contributed by atoms with Crippen LogP contribution in [0.25, 0.3) is 0 Å². The third-order valence-corrected chi connectivity index (χ3v) is 3.71. The van der Waals surface area contributed by atoms with Gasteiger partial charge < -0.3 is 20.1 Å². The van der Waals surface area contributed by atoms with E-state index in [1.54, 1.807) is 19.5 Å².